The van der Waals surface area contributed by atoms with E-state index < -0.39 is 0 Å². The summed E-state index contributed by atoms with van der Waals surface area (Å²) in [6, 6.07) is 10.9. The zero-order valence-corrected chi connectivity index (χ0v) is 13.8. The van der Waals surface area contributed by atoms with Crippen LogP contribution in [0.2, 0.25) is 0 Å². The maximum Gasteiger partial charge on any atom is 0.246 e. The molecule has 7 nitrogen and oxygen atoms in total. The van der Waals surface area contributed by atoms with Crippen molar-refractivity contribution in [2.45, 2.75) is 6.10 Å². The Kier molecular flexibility index (Phi) is 4.15. The lowest BCUT2D eigenvalue weighted by Gasteiger charge is -2.38. The Morgan fingerprint density at radius 1 is 1.31 bits per heavy atom. The molecular weight excluding hydrogens is 334 g/mol. The number of hydrogen-bond acceptors (Lipinski definition) is 6. The molecule has 7 heteroatoms. The molecule has 1 fully saturated rings. The van der Waals surface area contributed by atoms with Crippen LogP contribution in [0.15, 0.2) is 42.6 Å². The Morgan fingerprint density at radius 3 is 3.00 bits per heavy atom. The summed E-state index contributed by atoms with van der Waals surface area (Å²) >= 11 is 0. The fourth-order valence-electron chi connectivity index (χ4n) is 2.71. The molecule has 2 aliphatic heterocycles. The molecule has 0 saturated carbocycles. The highest BCUT2D eigenvalue weighted by Gasteiger charge is 2.32. The highest BCUT2D eigenvalue weighted by atomic mass is 16.7. The van der Waals surface area contributed by atoms with Crippen molar-refractivity contribution < 1.29 is 19.0 Å². The van der Waals surface area contributed by atoms with Crippen molar-refractivity contribution in [3.63, 3.8) is 0 Å². The molecular formula is C19H15N3O4. The Balaban J connectivity index is 1.31. The molecule has 0 atom stereocenters. The topological polar surface area (TPSA) is 84.7 Å². The minimum Gasteiger partial charge on any atom is -0.470 e. The number of nitrogens with zero attached hydrogens (tertiary/aromatic N) is 3. The number of carbonyl (C=O) groups is 1. The van der Waals surface area contributed by atoms with E-state index in [2.05, 4.69) is 4.98 Å². The van der Waals surface area contributed by atoms with Crippen molar-refractivity contribution >= 4 is 12.0 Å². The molecule has 1 aromatic heterocycles. The average molecular weight is 349 g/mol. The second-order valence-corrected chi connectivity index (χ2v) is 5.90. The fourth-order valence-corrected chi connectivity index (χ4v) is 2.71. The lowest BCUT2D eigenvalue weighted by Crippen LogP contribution is -2.55. The molecule has 0 spiro atoms. The summed E-state index contributed by atoms with van der Waals surface area (Å²) in [5.74, 6) is 1.61. The highest BCUT2D eigenvalue weighted by Crippen LogP contribution is 2.32. The Bertz CT molecular complexity index is 913. The van der Waals surface area contributed by atoms with Gasteiger partial charge in [0.05, 0.1) is 13.1 Å². The number of fused-ring (bicyclic) bond motifs is 1. The predicted octanol–water partition coefficient (Wildman–Crippen LogP) is 1.98. The van der Waals surface area contributed by atoms with E-state index in [0.717, 1.165) is 5.56 Å². The van der Waals surface area contributed by atoms with Crippen LogP contribution >= 0.6 is 0 Å². The summed E-state index contributed by atoms with van der Waals surface area (Å²) in [4.78, 5) is 17.9. The number of hydrogen-bond donors (Lipinski definition) is 0. The number of benzene rings is 1. The van der Waals surface area contributed by atoms with Crippen LogP contribution in [0.1, 0.15) is 11.1 Å². The molecule has 0 aliphatic carbocycles. The van der Waals surface area contributed by atoms with Gasteiger partial charge in [-0.1, -0.05) is 6.07 Å². The Hall–Kier alpha value is -3.53. The van der Waals surface area contributed by atoms with Gasteiger partial charge in [-0.2, -0.15) is 5.26 Å². The lowest BCUT2D eigenvalue weighted by atomic mass is 10.1. The van der Waals surface area contributed by atoms with Gasteiger partial charge in [-0.05, 0) is 35.9 Å². The Labute approximate surface area is 150 Å². The van der Waals surface area contributed by atoms with Crippen molar-refractivity contribution in [3.05, 3.63) is 53.7 Å². The van der Waals surface area contributed by atoms with Gasteiger partial charge < -0.3 is 19.1 Å². The number of aromatic nitrogens is 1. The van der Waals surface area contributed by atoms with Gasteiger partial charge in [0.2, 0.25) is 18.6 Å². The van der Waals surface area contributed by atoms with E-state index in [4.69, 9.17) is 19.5 Å². The van der Waals surface area contributed by atoms with Crippen molar-refractivity contribution in [3.8, 4) is 23.4 Å². The first-order chi connectivity index (χ1) is 12.7. The molecule has 2 aliphatic rings. The van der Waals surface area contributed by atoms with Crippen LogP contribution in [0.25, 0.3) is 6.08 Å². The van der Waals surface area contributed by atoms with E-state index >= 15 is 0 Å². The molecule has 0 N–H and O–H groups in total. The largest absolute Gasteiger partial charge is 0.470 e. The minimum atomic E-state index is -0.153. The van der Waals surface area contributed by atoms with Crippen molar-refractivity contribution in [2.75, 3.05) is 19.9 Å². The van der Waals surface area contributed by atoms with E-state index in [0.29, 0.717) is 36.0 Å². The van der Waals surface area contributed by atoms with Crippen molar-refractivity contribution in [1.82, 2.24) is 9.88 Å². The van der Waals surface area contributed by atoms with Crippen molar-refractivity contribution in [1.29, 1.82) is 5.26 Å². The van der Waals surface area contributed by atoms with E-state index in [1.807, 2.05) is 24.3 Å². The Morgan fingerprint density at radius 2 is 2.15 bits per heavy atom. The maximum atomic E-state index is 12.2. The SMILES string of the molecule is N#Cc1cccnc1OC1CN(C(=O)/C=C/c2ccc3c(c2)OCO3)C1. The lowest BCUT2D eigenvalue weighted by molar-refractivity contribution is -0.134. The van der Waals surface area contributed by atoms with Gasteiger partial charge in [0.25, 0.3) is 0 Å². The van der Waals surface area contributed by atoms with Gasteiger partial charge in [-0.15, -0.1) is 0 Å². The number of likely N-dealkylation sites (tertiary alicyclic amines) is 1. The molecule has 1 amide bonds. The van der Waals surface area contributed by atoms with Gasteiger partial charge in [-0.3, -0.25) is 4.79 Å². The van der Waals surface area contributed by atoms with Gasteiger partial charge in [0.15, 0.2) is 11.5 Å². The van der Waals surface area contributed by atoms with E-state index in [-0.39, 0.29) is 18.8 Å². The fraction of sp³-hybridized carbons (Fsp3) is 0.211. The number of amides is 1. The molecule has 0 radical (unpaired) electrons. The molecule has 1 aromatic carbocycles. The van der Waals surface area contributed by atoms with Crippen LogP contribution in [-0.2, 0) is 4.79 Å². The van der Waals surface area contributed by atoms with Crippen LogP contribution in [0.3, 0.4) is 0 Å². The second kappa shape index (κ2) is 6.76. The molecule has 1 saturated heterocycles. The standard InChI is InChI=1S/C19H15N3O4/c20-9-14-2-1-7-21-19(14)26-15-10-22(11-15)18(23)6-4-13-3-5-16-17(8-13)25-12-24-16/h1-8,15H,10-12H2/b6-4+. The first-order valence-electron chi connectivity index (χ1n) is 8.11. The summed E-state index contributed by atoms with van der Waals surface area (Å²) in [5, 5.41) is 9.04. The average Bonchev–Trinajstić information content (AvgIpc) is 3.10. The van der Waals surface area contributed by atoms with E-state index in [1.54, 1.807) is 29.3 Å². The second-order valence-electron chi connectivity index (χ2n) is 5.90. The number of pyridine rings is 1. The van der Waals surface area contributed by atoms with Gasteiger partial charge in [0, 0.05) is 12.3 Å². The maximum absolute atomic E-state index is 12.2. The van der Waals surface area contributed by atoms with Crippen LogP contribution in [0.5, 0.6) is 17.4 Å². The quantitative estimate of drug-likeness (QED) is 0.785. The number of ether oxygens (including phenoxy) is 3. The summed E-state index contributed by atoms with van der Waals surface area (Å²) in [7, 11) is 0. The third-order valence-electron chi connectivity index (χ3n) is 4.14. The van der Waals surface area contributed by atoms with Crippen LogP contribution in [0.4, 0.5) is 0 Å². The third-order valence-corrected chi connectivity index (χ3v) is 4.14. The molecule has 0 bridgehead atoms. The van der Waals surface area contributed by atoms with Gasteiger partial charge in [0.1, 0.15) is 17.7 Å². The van der Waals surface area contributed by atoms with Crippen molar-refractivity contribution in [2.24, 2.45) is 0 Å². The predicted molar refractivity (Wildman–Crippen MR) is 91.5 cm³/mol. The monoisotopic (exact) mass is 349 g/mol. The normalized spacial score (nSPS) is 15.6. The summed E-state index contributed by atoms with van der Waals surface area (Å²) in [5.41, 5.74) is 1.25. The first kappa shape index (κ1) is 16.0. The zero-order chi connectivity index (χ0) is 17.9. The molecule has 4 rings (SSSR count). The molecule has 130 valence electrons. The van der Waals surface area contributed by atoms with Crippen LogP contribution in [-0.4, -0.2) is 41.8 Å². The van der Waals surface area contributed by atoms with Gasteiger partial charge in [-0.25, -0.2) is 4.98 Å². The van der Waals surface area contributed by atoms with Gasteiger partial charge >= 0.3 is 0 Å². The smallest absolute Gasteiger partial charge is 0.246 e. The molecule has 26 heavy (non-hydrogen) atoms. The van der Waals surface area contributed by atoms with E-state index in [1.165, 1.54) is 6.08 Å². The van der Waals surface area contributed by atoms with Crippen LogP contribution in [0, 0.1) is 11.3 Å². The molecule has 2 aromatic rings. The third kappa shape index (κ3) is 3.17. The number of rotatable bonds is 4. The summed E-state index contributed by atoms with van der Waals surface area (Å²) in [6.45, 7) is 1.15. The number of carbonyl (C=O) groups excluding carboxylic acids is 1. The van der Waals surface area contributed by atoms with Crippen LogP contribution < -0.4 is 14.2 Å². The molecule has 0 unspecified atom stereocenters. The number of nitriles is 1. The zero-order valence-electron chi connectivity index (χ0n) is 13.8. The first-order valence-corrected chi connectivity index (χ1v) is 8.11. The summed E-state index contributed by atoms with van der Waals surface area (Å²) < 4.78 is 16.3. The summed E-state index contributed by atoms with van der Waals surface area (Å²) in [6.07, 6.45) is 4.69. The molecule has 3 heterocycles. The highest BCUT2D eigenvalue weighted by molar-refractivity contribution is 5.92. The van der Waals surface area contributed by atoms with E-state index in [9.17, 15) is 4.79 Å². The minimum absolute atomic E-state index is 0.0935.